The normalized spacial score (nSPS) is 15.4. The highest BCUT2D eigenvalue weighted by Gasteiger charge is 2.23. The third kappa shape index (κ3) is 2.78. The third-order valence-corrected chi connectivity index (χ3v) is 4.54. The summed E-state index contributed by atoms with van der Waals surface area (Å²) in [4.78, 5) is 21.4. The van der Waals surface area contributed by atoms with Crippen molar-refractivity contribution in [2.24, 2.45) is 0 Å². The van der Waals surface area contributed by atoms with E-state index in [4.69, 9.17) is 11.6 Å². The number of thiophene rings is 1. The Labute approximate surface area is 126 Å². The van der Waals surface area contributed by atoms with Gasteiger partial charge in [0.2, 0.25) is 0 Å². The molecule has 104 valence electrons. The number of pyridine rings is 1. The molecule has 4 nitrogen and oxygen atoms in total. The van der Waals surface area contributed by atoms with E-state index in [0.29, 0.717) is 22.3 Å². The van der Waals surface area contributed by atoms with Gasteiger partial charge in [-0.1, -0.05) is 17.7 Å². The predicted octanol–water partition coefficient (Wildman–Crippen LogP) is 2.76. The van der Waals surface area contributed by atoms with Crippen molar-refractivity contribution in [3.63, 3.8) is 0 Å². The molecule has 1 saturated heterocycles. The SMILES string of the molecule is O=C(c1ccc(Cl)s1)N1CCN(c2ccccn2)CC1. The van der Waals surface area contributed by atoms with Crippen molar-refractivity contribution in [3.8, 4) is 0 Å². The molecule has 1 fully saturated rings. The number of halogens is 1. The highest BCUT2D eigenvalue weighted by molar-refractivity contribution is 7.17. The molecule has 0 unspecified atom stereocenters. The zero-order valence-corrected chi connectivity index (χ0v) is 12.4. The zero-order chi connectivity index (χ0) is 13.9. The van der Waals surface area contributed by atoms with Crippen molar-refractivity contribution in [3.05, 3.63) is 45.7 Å². The maximum absolute atomic E-state index is 12.3. The van der Waals surface area contributed by atoms with Gasteiger partial charge in [-0.3, -0.25) is 4.79 Å². The number of nitrogens with zero attached hydrogens (tertiary/aromatic N) is 3. The van der Waals surface area contributed by atoms with Gasteiger partial charge in [-0.25, -0.2) is 4.98 Å². The van der Waals surface area contributed by atoms with Gasteiger partial charge in [-0.2, -0.15) is 0 Å². The van der Waals surface area contributed by atoms with Crippen LogP contribution >= 0.6 is 22.9 Å². The molecule has 20 heavy (non-hydrogen) atoms. The second-order valence-electron chi connectivity index (χ2n) is 4.57. The van der Waals surface area contributed by atoms with Crippen LogP contribution < -0.4 is 4.90 Å². The summed E-state index contributed by atoms with van der Waals surface area (Å²) in [5.41, 5.74) is 0. The van der Waals surface area contributed by atoms with Crippen LogP contribution in [0, 0.1) is 0 Å². The first-order valence-electron chi connectivity index (χ1n) is 6.44. The highest BCUT2D eigenvalue weighted by Crippen LogP contribution is 2.23. The topological polar surface area (TPSA) is 36.4 Å². The maximum Gasteiger partial charge on any atom is 0.264 e. The summed E-state index contributed by atoms with van der Waals surface area (Å²) in [7, 11) is 0. The number of amides is 1. The van der Waals surface area contributed by atoms with Gasteiger partial charge in [0.1, 0.15) is 5.82 Å². The summed E-state index contributed by atoms with van der Waals surface area (Å²) in [6.45, 7) is 3.04. The van der Waals surface area contributed by atoms with E-state index in [1.807, 2.05) is 23.1 Å². The molecule has 1 amide bonds. The Bertz CT molecular complexity index is 593. The average molecular weight is 308 g/mol. The Morgan fingerprint density at radius 3 is 2.55 bits per heavy atom. The molecule has 0 radical (unpaired) electrons. The van der Waals surface area contributed by atoms with Crippen LogP contribution in [0.15, 0.2) is 36.5 Å². The molecule has 0 atom stereocenters. The number of hydrogen-bond donors (Lipinski definition) is 0. The minimum Gasteiger partial charge on any atom is -0.353 e. The molecule has 1 aliphatic heterocycles. The standard InChI is InChI=1S/C14H14ClN3OS/c15-12-5-4-11(20-12)14(19)18-9-7-17(8-10-18)13-3-1-2-6-16-13/h1-6H,7-10H2. The summed E-state index contributed by atoms with van der Waals surface area (Å²) in [6, 6.07) is 9.44. The van der Waals surface area contributed by atoms with Crippen molar-refractivity contribution in [2.45, 2.75) is 0 Å². The van der Waals surface area contributed by atoms with Crippen LogP contribution in [0.4, 0.5) is 5.82 Å². The van der Waals surface area contributed by atoms with E-state index in [0.717, 1.165) is 18.9 Å². The first kappa shape index (κ1) is 13.4. The van der Waals surface area contributed by atoms with Gasteiger partial charge in [-0.05, 0) is 24.3 Å². The fourth-order valence-electron chi connectivity index (χ4n) is 2.26. The van der Waals surface area contributed by atoms with Gasteiger partial charge >= 0.3 is 0 Å². The Morgan fingerprint density at radius 1 is 1.15 bits per heavy atom. The van der Waals surface area contributed by atoms with Crippen molar-refractivity contribution >= 4 is 34.7 Å². The molecule has 0 aromatic carbocycles. The number of anilines is 1. The molecule has 0 N–H and O–H groups in total. The van der Waals surface area contributed by atoms with E-state index in [9.17, 15) is 4.79 Å². The van der Waals surface area contributed by atoms with Gasteiger partial charge in [0.25, 0.3) is 5.91 Å². The quantitative estimate of drug-likeness (QED) is 0.856. The van der Waals surface area contributed by atoms with Gasteiger partial charge in [0, 0.05) is 32.4 Å². The largest absolute Gasteiger partial charge is 0.353 e. The van der Waals surface area contributed by atoms with Crippen LogP contribution in [0.25, 0.3) is 0 Å². The van der Waals surface area contributed by atoms with Crippen molar-refractivity contribution in [2.75, 3.05) is 31.1 Å². The van der Waals surface area contributed by atoms with Gasteiger partial charge in [-0.15, -0.1) is 11.3 Å². The second-order valence-corrected chi connectivity index (χ2v) is 6.29. The predicted molar refractivity (Wildman–Crippen MR) is 81.7 cm³/mol. The molecule has 3 rings (SSSR count). The molecule has 0 saturated carbocycles. The fourth-order valence-corrected chi connectivity index (χ4v) is 3.28. The number of rotatable bonds is 2. The highest BCUT2D eigenvalue weighted by atomic mass is 35.5. The van der Waals surface area contributed by atoms with E-state index >= 15 is 0 Å². The van der Waals surface area contributed by atoms with Gasteiger partial charge in [0.15, 0.2) is 0 Å². The minimum atomic E-state index is 0.0718. The lowest BCUT2D eigenvalue weighted by molar-refractivity contribution is 0.0751. The maximum atomic E-state index is 12.3. The lowest BCUT2D eigenvalue weighted by Gasteiger charge is -2.35. The Balaban J connectivity index is 1.63. The first-order chi connectivity index (χ1) is 9.74. The number of aromatic nitrogens is 1. The Hall–Kier alpha value is -1.59. The molecular formula is C14H14ClN3OS. The molecule has 1 aliphatic rings. The Kier molecular flexibility index (Phi) is 3.89. The van der Waals surface area contributed by atoms with Crippen LogP contribution in [-0.4, -0.2) is 42.0 Å². The number of carbonyl (C=O) groups is 1. The van der Waals surface area contributed by atoms with Crippen molar-refractivity contribution in [1.82, 2.24) is 9.88 Å². The van der Waals surface area contributed by atoms with E-state index in [2.05, 4.69) is 9.88 Å². The monoisotopic (exact) mass is 307 g/mol. The van der Waals surface area contributed by atoms with Crippen LogP contribution in [0.2, 0.25) is 4.34 Å². The lowest BCUT2D eigenvalue weighted by Crippen LogP contribution is -2.48. The van der Waals surface area contributed by atoms with Crippen molar-refractivity contribution in [1.29, 1.82) is 0 Å². The molecule has 0 spiro atoms. The molecule has 2 aromatic heterocycles. The molecule has 3 heterocycles. The van der Waals surface area contributed by atoms with E-state index in [1.165, 1.54) is 11.3 Å². The number of hydrogen-bond acceptors (Lipinski definition) is 4. The summed E-state index contributed by atoms with van der Waals surface area (Å²) >= 11 is 7.21. The second kappa shape index (κ2) is 5.81. The van der Waals surface area contributed by atoms with Gasteiger partial charge in [0.05, 0.1) is 9.21 Å². The summed E-state index contributed by atoms with van der Waals surface area (Å²) in [5.74, 6) is 1.04. The summed E-state index contributed by atoms with van der Waals surface area (Å²) in [6.07, 6.45) is 1.79. The summed E-state index contributed by atoms with van der Waals surface area (Å²) in [5, 5.41) is 0. The smallest absolute Gasteiger partial charge is 0.264 e. The molecule has 0 aliphatic carbocycles. The van der Waals surface area contributed by atoms with Crippen molar-refractivity contribution < 1.29 is 4.79 Å². The van der Waals surface area contributed by atoms with E-state index < -0.39 is 0 Å². The molecule has 0 bridgehead atoms. The molecule has 2 aromatic rings. The average Bonchev–Trinajstić information content (AvgIpc) is 2.94. The van der Waals surface area contributed by atoms with Crippen LogP contribution in [0.5, 0.6) is 0 Å². The lowest BCUT2D eigenvalue weighted by atomic mass is 10.3. The molecule has 6 heteroatoms. The molecular weight excluding hydrogens is 294 g/mol. The van der Waals surface area contributed by atoms with Crippen LogP contribution in [0.1, 0.15) is 9.67 Å². The fraction of sp³-hybridized carbons (Fsp3) is 0.286. The van der Waals surface area contributed by atoms with Crippen LogP contribution in [-0.2, 0) is 0 Å². The Morgan fingerprint density at radius 2 is 1.95 bits per heavy atom. The third-order valence-electron chi connectivity index (χ3n) is 3.32. The zero-order valence-electron chi connectivity index (χ0n) is 10.8. The van der Waals surface area contributed by atoms with Crippen LogP contribution in [0.3, 0.4) is 0 Å². The summed E-state index contributed by atoms with van der Waals surface area (Å²) < 4.78 is 0.653. The number of carbonyl (C=O) groups excluding carboxylic acids is 1. The van der Waals surface area contributed by atoms with Gasteiger partial charge < -0.3 is 9.80 Å². The van der Waals surface area contributed by atoms with E-state index in [-0.39, 0.29) is 5.91 Å². The first-order valence-corrected chi connectivity index (χ1v) is 7.64. The van der Waals surface area contributed by atoms with E-state index in [1.54, 1.807) is 18.3 Å². The minimum absolute atomic E-state index is 0.0718. The number of piperazine rings is 1.